The average Bonchev–Trinajstić information content (AvgIpc) is 3.52. The lowest BCUT2D eigenvalue weighted by Crippen LogP contribution is -2.30. The number of anilines is 1. The van der Waals surface area contributed by atoms with Gasteiger partial charge in [0.1, 0.15) is 23.0 Å². The van der Waals surface area contributed by atoms with E-state index in [0.29, 0.717) is 23.2 Å². The van der Waals surface area contributed by atoms with Crippen molar-refractivity contribution in [1.29, 1.82) is 0 Å². The molecule has 0 aliphatic carbocycles. The molecule has 1 aliphatic heterocycles. The molecule has 69 heavy (non-hydrogen) atoms. The lowest BCUT2D eigenvalue weighted by Gasteiger charge is -2.18. The van der Waals surface area contributed by atoms with Crippen molar-refractivity contribution in [3.05, 3.63) is 197 Å². The fraction of sp³-hybridized carbons (Fsp3) is 0.148. The van der Waals surface area contributed by atoms with Crippen molar-refractivity contribution in [2.75, 3.05) is 4.90 Å². The van der Waals surface area contributed by atoms with Gasteiger partial charge in [0.05, 0.1) is 22.7 Å². The van der Waals surface area contributed by atoms with E-state index in [-0.39, 0.29) is 66.7 Å². The summed E-state index contributed by atoms with van der Waals surface area (Å²) >= 11 is 0. The highest BCUT2D eigenvalue weighted by Crippen LogP contribution is 2.38. The first-order chi connectivity index (χ1) is 32.1. The third-order valence-electron chi connectivity index (χ3n) is 10.7. The molecule has 354 valence electrons. The van der Waals surface area contributed by atoms with Gasteiger partial charge < -0.3 is 18.9 Å². The zero-order valence-corrected chi connectivity index (χ0v) is 35.5. The summed E-state index contributed by atoms with van der Waals surface area (Å²) < 4.78 is 74.5. The van der Waals surface area contributed by atoms with Crippen LogP contribution in [0, 0.1) is 35.1 Å². The van der Waals surface area contributed by atoms with Crippen LogP contribution in [-0.2, 0) is 19.2 Å². The number of halogens is 4. The lowest BCUT2D eigenvalue weighted by molar-refractivity contribution is -0.129. The second-order valence-corrected chi connectivity index (χ2v) is 15.3. The van der Waals surface area contributed by atoms with Crippen molar-refractivity contribution in [2.24, 2.45) is 11.8 Å². The van der Waals surface area contributed by atoms with Crippen LogP contribution in [0.2, 0.25) is 0 Å². The van der Waals surface area contributed by atoms with Gasteiger partial charge in [-0.2, -0.15) is 0 Å². The van der Waals surface area contributed by atoms with Crippen LogP contribution in [0.3, 0.4) is 0 Å². The van der Waals surface area contributed by atoms with Crippen LogP contribution in [0.15, 0.2) is 146 Å². The van der Waals surface area contributed by atoms with E-state index in [9.17, 15) is 46.3 Å². The topological polar surface area (TPSA) is 143 Å². The van der Waals surface area contributed by atoms with Gasteiger partial charge in [-0.25, -0.2) is 36.7 Å². The summed E-state index contributed by atoms with van der Waals surface area (Å²) in [5.41, 5.74) is 1.99. The van der Waals surface area contributed by atoms with Gasteiger partial charge in [-0.05, 0) is 138 Å². The normalized spacial score (nSPS) is 14.7. The van der Waals surface area contributed by atoms with Gasteiger partial charge in [-0.15, -0.1) is 0 Å². The summed E-state index contributed by atoms with van der Waals surface area (Å²) in [5, 5.41) is 0. The number of nitrogens with zero attached hydrogens (tertiary/aromatic N) is 1. The number of rotatable bonds is 14. The van der Waals surface area contributed by atoms with Gasteiger partial charge in [-0.1, -0.05) is 65.1 Å². The molecule has 0 N–H and O–H groups in total. The van der Waals surface area contributed by atoms with Crippen molar-refractivity contribution in [1.82, 2.24) is 0 Å². The molecule has 0 radical (unpaired) electrons. The Bertz CT molecular complexity index is 2920. The van der Waals surface area contributed by atoms with E-state index in [1.807, 2.05) is 6.92 Å². The minimum absolute atomic E-state index is 0. The van der Waals surface area contributed by atoms with E-state index in [4.69, 9.17) is 18.9 Å². The van der Waals surface area contributed by atoms with E-state index in [1.165, 1.54) is 72.8 Å². The predicted octanol–water partition coefficient (Wildman–Crippen LogP) is 11.5. The number of esters is 4. The van der Waals surface area contributed by atoms with Crippen LogP contribution in [0.5, 0.6) is 23.0 Å². The summed E-state index contributed by atoms with van der Waals surface area (Å²) in [6.45, 7) is 3.63. The van der Waals surface area contributed by atoms with Crippen molar-refractivity contribution in [2.45, 2.75) is 41.0 Å². The fourth-order valence-corrected chi connectivity index (χ4v) is 6.97. The fourth-order valence-electron chi connectivity index (χ4n) is 6.97. The van der Waals surface area contributed by atoms with Gasteiger partial charge in [0.25, 0.3) is 0 Å². The molecule has 6 aromatic carbocycles. The molecule has 1 fully saturated rings. The molecule has 1 aliphatic rings. The van der Waals surface area contributed by atoms with Crippen LogP contribution < -0.4 is 23.8 Å². The summed E-state index contributed by atoms with van der Waals surface area (Å²) in [6, 6.07) is 30.2. The third-order valence-corrected chi connectivity index (χ3v) is 10.7. The minimum atomic E-state index is -1.18. The number of amides is 2. The maximum Gasteiger partial charge on any atom is 0.343 e. The monoisotopic (exact) mass is 943 g/mol. The molecular weight excluding hydrogens is 899 g/mol. The zero-order chi connectivity index (χ0) is 47.8. The van der Waals surface area contributed by atoms with Crippen LogP contribution in [0.1, 0.15) is 78.4 Å². The highest BCUT2D eigenvalue weighted by molar-refractivity contribution is 6.22. The molecule has 3 atom stereocenters. The summed E-state index contributed by atoms with van der Waals surface area (Å²) in [4.78, 5) is 77.8. The first-order valence-corrected chi connectivity index (χ1v) is 20.5. The molecule has 0 saturated carbocycles. The first-order valence-electron chi connectivity index (χ1n) is 20.5. The molecule has 1 heterocycles. The van der Waals surface area contributed by atoms with Crippen molar-refractivity contribution < 1.29 is 65.3 Å². The standard InChI is InChI=1S/C52H37F4NO10.2CH4/c1-30(34-9-19-38(20-10-34)64-47(58)25-7-32-3-15-40(16-4-32)66-51(62)35-11-23-43(53)45(55)28-35)27-42-31(2)49(60)57(50(42)61)37-13-21-39(22-14-37)65-48(59)26-8-33-5-17-41(18-6-33)67-52(63)36-12-24-44(54)46(56)29-36;;/h3-26,28-31,42H,27H2,1-2H3;2*1H4/b25-7+,26-8+;;. The SMILES string of the molecule is C.C.CC(CC1C(=O)N(c2ccc(OC(=O)/C=C/c3ccc(OC(=O)c4ccc(F)c(F)c4)cc3)cc2)C(=O)C1C)c1ccc(OC(=O)/C=C/c2ccc(OC(=O)c3ccc(F)c(F)c3)cc2)cc1. The van der Waals surface area contributed by atoms with Crippen LogP contribution in [-0.4, -0.2) is 35.7 Å². The summed E-state index contributed by atoms with van der Waals surface area (Å²) in [5.74, 6) is -9.02. The van der Waals surface area contributed by atoms with E-state index >= 15 is 0 Å². The second-order valence-electron chi connectivity index (χ2n) is 15.3. The Morgan fingerprint density at radius 2 is 0.928 bits per heavy atom. The predicted molar refractivity (Wildman–Crippen MR) is 249 cm³/mol. The maximum absolute atomic E-state index is 13.7. The minimum Gasteiger partial charge on any atom is -0.423 e. The maximum atomic E-state index is 13.7. The van der Waals surface area contributed by atoms with Gasteiger partial charge >= 0.3 is 23.9 Å². The third kappa shape index (κ3) is 12.9. The summed E-state index contributed by atoms with van der Waals surface area (Å²) in [6.07, 6.45) is 5.71. The smallest absolute Gasteiger partial charge is 0.343 e. The van der Waals surface area contributed by atoms with Gasteiger partial charge in [-0.3, -0.25) is 14.5 Å². The molecule has 15 heteroatoms. The van der Waals surface area contributed by atoms with Crippen molar-refractivity contribution in [3.8, 4) is 23.0 Å². The highest BCUT2D eigenvalue weighted by atomic mass is 19.2. The van der Waals surface area contributed by atoms with Crippen LogP contribution in [0.25, 0.3) is 12.2 Å². The van der Waals surface area contributed by atoms with Crippen molar-refractivity contribution >= 4 is 53.5 Å². The number of carbonyl (C=O) groups is 6. The number of ether oxygens (including phenoxy) is 4. The van der Waals surface area contributed by atoms with Gasteiger partial charge in [0.15, 0.2) is 23.3 Å². The molecule has 7 rings (SSSR count). The Morgan fingerprint density at radius 1 is 0.536 bits per heavy atom. The Morgan fingerprint density at radius 3 is 1.35 bits per heavy atom. The average molecular weight is 944 g/mol. The molecular formula is C54H45F4NO10. The molecule has 0 spiro atoms. The van der Waals surface area contributed by atoms with E-state index in [1.54, 1.807) is 55.5 Å². The molecule has 2 amide bonds. The quantitative estimate of drug-likeness (QED) is 0.0340. The lowest BCUT2D eigenvalue weighted by atomic mass is 9.85. The molecule has 1 saturated heterocycles. The highest BCUT2D eigenvalue weighted by Gasteiger charge is 2.46. The number of imide groups is 1. The molecule has 6 aromatic rings. The Kier molecular flexibility index (Phi) is 17.0. The Balaban J connectivity index is 0.00000444. The van der Waals surface area contributed by atoms with Gasteiger partial charge in [0, 0.05) is 18.1 Å². The number of hydrogen-bond acceptors (Lipinski definition) is 10. The molecule has 0 aromatic heterocycles. The Labute approximate surface area is 395 Å². The second kappa shape index (κ2) is 22.8. The molecule has 11 nitrogen and oxygen atoms in total. The zero-order valence-electron chi connectivity index (χ0n) is 35.5. The molecule has 0 bridgehead atoms. The summed E-state index contributed by atoms with van der Waals surface area (Å²) in [7, 11) is 0. The van der Waals surface area contributed by atoms with Crippen LogP contribution >= 0.6 is 0 Å². The van der Waals surface area contributed by atoms with Crippen molar-refractivity contribution in [3.63, 3.8) is 0 Å². The number of carbonyl (C=O) groups excluding carboxylic acids is 6. The van der Waals surface area contributed by atoms with E-state index < -0.39 is 59.0 Å². The number of hydrogen-bond donors (Lipinski definition) is 0. The van der Waals surface area contributed by atoms with Crippen LogP contribution in [0.4, 0.5) is 23.2 Å². The largest absolute Gasteiger partial charge is 0.423 e. The first kappa shape index (κ1) is 51.5. The number of benzene rings is 6. The van der Waals surface area contributed by atoms with E-state index in [0.717, 1.165) is 46.9 Å². The molecule has 3 unspecified atom stereocenters. The van der Waals surface area contributed by atoms with E-state index in [2.05, 4.69) is 0 Å². The Hall–Kier alpha value is -8.46. The van der Waals surface area contributed by atoms with Gasteiger partial charge in [0.2, 0.25) is 11.8 Å².